The van der Waals surface area contributed by atoms with Gasteiger partial charge in [0.1, 0.15) is 0 Å². The van der Waals surface area contributed by atoms with E-state index in [4.69, 9.17) is 0 Å². The number of benzene rings is 9. The van der Waals surface area contributed by atoms with Crippen molar-refractivity contribution < 1.29 is 0 Å². The van der Waals surface area contributed by atoms with E-state index in [1.165, 1.54) is 98.1 Å². The molecule has 4 bridgehead atoms. The van der Waals surface area contributed by atoms with Gasteiger partial charge in [-0.05, 0) is 148 Å². The predicted molar refractivity (Wildman–Crippen MR) is 269 cm³/mol. The molecule has 2 fully saturated rings. The number of hydrogen-bond acceptors (Lipinski definition) is 1. The van der Waals surface area contributed by atoms with E-state index < -0.39 is 0 Å². The molecule has 64 heavy (non-hydrogen) atoms. The topological polar surface area (TPSA) is 8.17 Å². The fourth-order valence-electron chi connectivity index (χ4n) is 12.4. The highest BCUT2D eigenvalue weighted by molar-refractivity contribution is 6.10. The van der Waals surface area contributed by atoms with Crippen molar-refractivity contribution in [1.82, 2.24) is 4.57 Å². The third kappa shape index (κ3) is 6.08. The summed E-state index contributed by atoms with van der Waals surface area (Å²) in [5.74, 6) is 1.66. The minimum atomic E-state index is 0.342. The van der Waals surface area contributed by atoms with Gasteiger partial charge in [-0.15, -0.1) is 0 Å². The van der Waals surface area contributed by atoms with Gasteiger partial charge in [-0.2, -0.15) is 0 Å². The normalized spacial score (nSPS) is 18.8. The molecule has 3 atom stereocenters. The van der Waals surface area contributed by atoms with E-state index in [0.29, 0.717) is 5.41 Å². The van der Waals surface area contributed by atoms with Crippen molar-refractivity contribution in [3.05, 3.63) is 230 Å². The molecule has 0 aliphatic heterocycles. The number of aromatic nitrogens is 1. The average Bonchev–Trinajstić information content (AvgIpc) is 3.69. The Kier molecular flexibility index (Phi) is 8.62. The van der Waals surface area contributed by atoms with Gasteiger partial charge >= 0.3 is 0 Å². The third-order valence-electron chi connectivity index (χ3n) is 14.9. The van der Waals surface area contributed by atoms with Gasteiger partial charge in [-0.25, -0.2) is 0 Å². The minimum Gasteiger partial charge on any atom is -0.310 e. The van der Waals surface area contributed by atoms with E-state index in [0.717, 1.165) is 34.6 Å². The van der Waals surface area contributed by atoms with Crippen LogP contribution in [0.4, 0.5) is 17.1 Å². The second-order valence-corrected chi connectivity index (χ2v) is 18.7. The molecule has 0 saturated heterocycles. The lowest BCUT2D eigenvalue weighted by atomic mass is 9.52. The molecule has 2 nitrogen and oxygen atoms in total. The van der Waals surface area contributed by atoms with Crippen molar-refractivity contribution in [1.29, 1.82) is 0 Å². The van der Waals surface area contributed by atoms with Crippen LogP contribution in [0.3, 0.4) is 0 Å². The maximum absolute atomic E-state index is 2.62. The van der Waals surface area contributed by atoms with Gasteiger partial charge in [0.05, 0.1) is 16.7 Å². The monoisotopic (exact) mass is 820 g/mol. The zero-order chi connectivity index (χ0) is 42.2. The van der Waals surface area contributed by atoms with Gasteiger partial charge in [0.15, 0.2) is 0 Å². The van der Waals surface area contributed by atoms with Crippen LogP contribution in [0.1, 0.15) is 37.7 Å². The Bertz CT molecular complexity index is 3350. The third-order valence-corrected chi connectivity index (χ3v) is 14.9. The van der Waals surface area contributed by atoms with E-state index in [2.05, 4.69) is 228 Å². The summed E-state index contributed by atoms with van der Waals surface area (Å²) in [5.41, 5.74) is 17.9. The smallest absolute Gasteiger partial charge is 0.0541 e. The van der Waals surface area contributed by atoms with Gasteiger partial charge < -0.3 is 9.47 Å². The van der Waals surface area contributed by atoms with Crippen LogP contribution in [-0.4, -0.2) is 4.57 Å². The quantitative estimate of drug-likeness (QED) is 0.139. The number of nitrogens with zero attached hydrogens (tertiary/aromatic N) is 2. The van der Waals surface area contributed by atoms with E-state index in [9.17, 15) is 0 Å². The summed E-state index contributed by atoms with van der Waals surface area (Å²) in [6.07, 6.45) is 9.31. The fraction of sp³-hybridized carbons (Fsp3) is 0.129. The first-order valence-corrected chi connectivity index (χ1v) is 23.1. The largest absolute Gasteiger partial charge is 0.310 e. The number of allylic oxidation sites excluding steroid dienone is 2. The lowest BCUT2D eigenvalue weighted by Gasteiger charge is -2.53. The average molecular weight is 821 g/mol. The van der Waals surface area contributed by atoms with Crippen LogP contribution >= 0.6 is 0 Å². The van der Waals surface area contributed by atoms with Crippen molar-refractivity contribution in [3.63, 3.8) is 0 Å². The first-order valence-electron chi connectivity index (χ1n) is 23.1. The Labute approximate surface area is 375 Å². The van der Waals surface area contributed by atoms with Crippen LogP contribution in [0.5, 0.6) is 0 Å². The Morgan fingerprint density at radius 2 is 1.06 bits per heavy atom. The van der Waals surface area contributed by atoms with E-state index in [1.54, 1.807) is 11.1 Å². The highest BCUT2D eigenvalue weighted by atomic mass is 15.1. The lowest BCUT2D eigenvalue weighted by Crippen LogP contribution is -2.43. The molecule has 9 aromatic carbocycles. The fourth-order valence-corrected chi connectivity index (χ4v) is 12.4. The molecule has 14 rings (SSSR count). The summed E-state index contributed by atoms with van der Waals surface area (Å²) in [6, 6.07) is 78.7. The van der Waals surface area contributed by atoms with Crippen LogP contribution in [0.2, 0.25) is 0 Å². The molecule has 1 aromatic heterocycles. The molecule has 1 heterocycles. The Balaban J connectivity index is 0.930. The zero-order valence-electron chi connectivity index (χ0n) is 35.9. The molecule has 4 aliphatic rings. The lowest BCUT2D eigenvalue weighted by molar-refractivity contribution is 0.130. The zero-order valence-corrected chi connectivity index (χ0v) is 35.9. The number of para-hydroxylation sites is 3. The number of rotatable bonds is 8. The molecular weight excluding hydrogens is 773 g/mol. The molecule has 2 heteroatoms. The highest BCUT2D eigenvalue weighted by Gasteiger charge is 2.48. The molecule has 0 spiro atoms. The summed E-state index contributed by atoms with van der Waals surface area (Å²) in [6.45, 7) is 0. The summed E-state index contributed by atoms with van der Waals surface area (Å²) in [4.78, 5) is 2.45. The van der Waals surface area contributed by atoms with Crippen LogP contribution in [0, 0.1) is 11.8 Å². The molecule has 10 aromatic rings. The molecular formula is C62H48N2. The van der Waals surface area contributed by atoms with Crippen molar-refractivity contribution in [3.8, 4) is 39.1 Å². The number of fused-ring (bicyclic) bond motifs is 4. The summed E-state index contributed by atoms with van der Waals surface area (Å²) >= 11 is 0. The molecule has 0 amide bonds. The Morgan fingerprint density at radius 3 is 1.75 bits per heavy atom. The Hall–Kier alpha value is -7.42. The van der Waals surface area contributed by atoms with Gasteiger partial charge in [-0.1, -0.05) is 169 Å². The van der Waals surface area contributed by atoms with Crippen LogP contribution in [-0.2, 0) is 5.41 Å². The summed E-state index contributed by atoms with van der Waals surface area (Å²) < 4.78 is 2.40. The molecule has 4 aliphatic carbocycles. The van der Waals surface area contributed by atoms with Gasteiger partial charge in [0.25, 0.3) is 0 Å². The van der Waals surface area contributed by atoms with Crippen molar-refractivity contribution >= 4 is 49.6 Å². The van der Waals surface area contributed by atoms with E-state index in [1.807, 2.05) is 0 Å². The van der Waals surface area contributed by atoms with Crippen molar-refractivity contribution in [2.24, 2.45) is 11.8 Å². The van der Waals surface area contributed by atoms with Crippen molar-refractivity contribution in [2.45, 2.75) is 37.5 Å². The predicted octanol–water partition coefficient (Wildman–Crippen LogP) is 16.8. The summed E-state index contributed by atoms with van der Waals surface area (Å²) in [7, 11) is 0. The highest BCUT2D eigenvalue weighted by Crippen LogP contribution is 2.58. The number of hydrogen-bond donors (Lipinski definition) is 0. The van der Waals surface area contributed by atoms with Crippen LogP contribution < -0.4 is 4.90 Å². The van der Waals surface area contributed by atoms with Crippen LogP contribution in [0.15, 0.2) is 224 Å². The van der Waals surface area contributed by atoms with Gasteiger partial charge in [0, 0.05) is 33.4 Å². The molecule has 2 saturated carbocycles. The SMILES string of the molecule is C1=C2CC3CC1CC(c1ccc(-c4ccc(N(c5ccc(-n6c7ccccc7c7ccccc76)cc5)c5ccccc5-c5cccc6cccc(-c7ccccc7)c56)cc4)cc1)(C2)C3. The molecule has 0 radical (unpaired) electrons. The standard InChI is InChI=1S/C62H48N2/c1-2-12-47(13-3-1)53-19-10-14-48-15-11-20-57(61(48)53)56-18-6-7-21-58(56)63(51-32-34-52(35-33-51)64-59-22-8-4-16-54(59)55-17-5-9-23-60(55)64)50-30-26-46(27-31-50)45-24-28-49(29-25-45)62-39-42-36-43(40-62)38-44(37-42)41-62/h1-36,42,44H,37-41H2. The second kappa shape index (κ2) is 14.9. The molecule has 306 valence electrons. The van der Waals surface area contributed by atoms with Gasteiger partial charge in [-0.3, -0.25) is 0 Å². The molecule has 3 unspecified atom stereocenters. The first kappa shape index (κ1) is 37.2. The van der Waals surface area contributed by atoms with Gasteiger partial charge in [0.2, 0.25) is 0 Å². The van der Waals surface area contributed by atoms with E-state index in [-0.39, 0.29) is 0 Å². The number of anilines is 3. The maximum Gasteiger partial charge on any atom is 0.0541 e. The minimum absolute atomic E-state index is 0.342. The first-order chi connectivity index (χ1) is 31.7. The molecule has 0 N–H and O–H groups in total. The maximum atomic E-state index is 2.62. The second-order valence-electron chi connectivity index (χ2n) is 18.7. The van der Waals surface area contributed by atoms with E-state index >= 15 is 0 Å². The Morgan fingerprint density at radius 1 is 0.469 bits per heavy atom. The summed E-state index contributed by atoms with van der Waals surface area (Å²) in [5, 5.41) is 5.02. The van der Waals surface area contributed by atoms with Crippen molar-refractivity contribution in [2.75, 3.05) is 4.90 Å². The van der Waals surface area contributed by atoms with Crippen LogP contribution in [0.25, 0.3) is 71.6 Å².